The summed E-state index contributed by atoms with van der Waals surface area (Å²) in [5, 5.41) is 14.5. The van der Waals surface area contributed by atoms with E-state index in [1.165, 1.54) is 25.7 Å². The molecule has 0 saturated heterocycles. The minimum atomic E-state index is -0.306. The number of nitrogens with one attached hydrogen (secondary N) is 1. The number of nitrogens with zero attached hydrogens (tertiary/aromatic N) is 1. The van der Waals surface area contributed by atoms with Gasteiger partial charge in [0.1, 0.15) is 0 Å². The molecule has 0 saturated carbocycles. The molecule has 0 fully saturated rings. The molecule has 0 aliphatic carbocycles. The van der Waals surface area contributed by atoms with Crippen molar-refractivity contribution in [3.8, 4) is 0 Å². The van der Waals surface area contributed by atoms with Crippen LogP contribution < -0.4 is 5.32 Å². The van der Waals surface area contributed by atoms with Crippen LogP contribution in [-0.4, -0.2) is 11.0 Å². The van der Waals surface area contributed by atoms with Crippen LogP contribution in [0.25, 0.3) is 0 Å². The second-order valence-corrected chi connectivity index (χ2v) is 5.45. The summed E-state index contributed by atoms with van der Waals surface area (Å²) in [6.07, 6.45) is 6.12. The topological polar surface area (TPSA) is 55.2 Å². The molecule has 2 unspecified atom stereocenters. The molecule has 4 heteroatoms. The Labute approximate surface area is 121 Å². The van der Waals surface area contributed by atoms with Crippen molar-refractivity contribution in [3.05, 3.63) is 39.9 Å². The Hall–Kier alpha value is -1.42. The van der Waals surface area contributed by atoms with Crippen molar-refractivity contribution in [2.75, 3.05) is 0 Å². The lowest BCUT2D eigenvalue weighted by Crippen LogP contribution is -2.29. The number of nitro benzene ring substituents is 1. The van der Waals surface area contributed by atoms with E-state index in [0.717, 1.165) is 12.0 Å². The molecule has 2 atom stereocenters. The van der Waals surface area contributed by atoms with E-state index in [4.69, 9.17) is 0 Å². The third-order valence-corrected chi connectivity index (χ3v) is 3.63. The second kappa shape index (κ2) is 8.69. The van der Waals surface area contributed by atoms with Gasteiger partial charge in [-0.25, -0.2) is 0 Å². The van der Waals surface area contributed by atoms with E-state index in [2.05, 4.69) is 19.2 Å². The van der Waals surface area contributed by atoms with E-state index in [0.29, 0.717) is 6.04 Å². The average Bonchev–Trinajstić information content (AvgIpc) is 2.43. The standard InChI is InChI=1S/C16H26N2O2/c1-4-5-6-7-10-13(2)17-14(3)15-11-8-9-12-16(15)18(19)20/h8-9,11-14,17H,4-7,10H2,1-3H3. The zero-order valence-electron chi connectivity index (χ0n) is 12.8. The van der Waals surface area contributed by atoms with Crippen molar-refractivity contribution in [1.82, 2.24) is 5.32 Å². The van der Waals surface area contributed by atoms with Crippen LogP contribution in [0.4, 0.5) is 5.69 Å². The predicted molar refractivity (Wildman–Crippen MR) is 82.9 cm³/mol. The first-order chi connectivity index (χ1) is 9.56. The molecule has 112 valence electrons. The Morgan fingerprint density at radius 2 is 1.90 bits per heavy atom. The van der Waals surface area contributed by atoms with Gasteiger partial charge in [0.25, 0.3) is 5.69 Å². The van der Waals surface area contributed by atoms with Gasteiger partial charge in [-0.3, -0.25) is 10.1 Å². The van der Waals surface area contributed by atoms with Gasteiger partial charge in [0.05, 0.1) is 4.92 Å². The molecule has 0 amide bonds. The van der Waals surface area contributed by atoms with Gasteiger partial charge in [-0.15, -0.1) is 0 Å². The maximum Gasteiger partial charge on any atom is 0.274 e. The number of hydrogen-bond donors (Lipinski definition) is 1. The van der Waals surface area contributed by atoms with Crippen LogP contribution in [0.15, 0.2) is 24.3 Å². The van der Waals surface area contributed by atoms with Crippen molar-refractivity contribution in [2.45, 2.75) is 65.0 Å². The van der Waals surface area contributed by atoms with E-state index in [1.807, 2.05) is 19.1 Å². The van der Waals surface area contributed by atoms with Crippen molar-refractivity contribution in [1.29, 1.82) is 0 Å². The quantitative estimate of drug-likeness (QED) is 0.408. The number of nitro groups is 1. The summed E-state index contributed by atoms with van der Waals surface area (Å²) in [5.74, 6) is 0. The maximum atomic E-state index is 11.0. The molecule has 1 aromatic rings. The largest absolute Gasteiger partial charge is 0.307 e. The van der Waals surface area contributed by atoms with Gasteiger partial charge in [0.15, 0.2) is 0 Å². The summed E-state index contributed by atoms with van der Waals surface area (Å²) < 4.78 is 0. The van der Waals surface area contributed by atoms with Crippen molar-refractivity contribution in [3.63, 3.8) is 0 Å². The Morgan fingerprint density at radius 1 is 1.20 bits per heavy atom. The molecule has 0 spiro atoms. The highest BCUT2D eigenvalue weighted by Crippen LogP contribution is 2.25. The normalized spacial score (nSPS) is 13.9. The zero-order valence-corrected chi connectivity index (χ0v) is 12.8. The van der Waals surface area contributed by atoms with Gasteiger partial charge in [0, 0.05) is 23.7 Å². The summed E-state index contributed by atoms with van der Waals surface area (Å²) in [7, 11) is 0. The van der Waals surface area contributed by atoms with Crippen molar-refractivity contribution in [2.24, 2.45) is 0 Å². The first-order valence-corrected chi connectivity index (χ1v) is 7.55. The van der Waals surface area contributed by atoms with E-state index in [-0.39, 0.29) is 16.7 Å². The molecule has 0 aliphatic rings. The Bertz CT molecular complexity index is 421. The van der Waals surface area contributed by atoms with E-state index >= 15 is 0 Å². The summed E-state index contributed by atoms with van der Waals surface area (Å²) in [6, 6.07) is 7.34. The molecule has 0 aromatic heterocycles. The molecule has 1 aromatic carbocycles. The van der Waals surface area contributed by atoms with Gasteiger partial charge < -0.3 is 5.32 Å². The number of unbranched alkanes of at least 4 members (excludes halogenated alkanes) is 3. The number of benzene rings is 1. The average molecular weight is 278 g/mol. The molecule has 4 nitrogen and oxygen atoms in total. The summed E-state index contributed by atoms with van der Waals surface area (Å²) in [6.45, 7) is 6.35. The minimum absolute atomic E-state index is 0.00206. The fourth-order valence-electron chi connectivity index (χ4n) is 2.50. The molecular weight excluding hydrogens is 252 g/mol. The second-order valence-electron chi connectivity index (χ2n) is 5.45. The van der Waals surface area contributed by atoms with Crippen LogP contribution >= 0.6 is 0 Å². The Kier molecular flexibility index (Phi) is 7.23. The lowest BCUT2D eigenvalue weighted by molar-refractivity contribution is -0.385. The van der Waals surface area contributed by atoms with Crippen LogP contribution in [0.1, 0.15) is 64.5 Å². The van der Waals surface area contributed by atoms with Gasteiger partial charge in [-0.1, -0.05) is 50.8 Å². The van der Waals surface area contributed by atoms with E-state index in [9.17, 15) is 10.1 Å². The third kappa shape index (κ3) is 5.29. The third-order valence-electron chi connectivity index (χ3n) is 3.63. The molecule has 0 bridgehead atoms. The van der Waals surface area contributed by atoms with Gasteiger partial charge in [-0.2, -0.15) is 0 Å². The lowest BCUT2D eigenvalue weighted by atomic mass is 10.0. The molecule has 1 N–H and O–H groups in total. The SMILES string of the molecule is CCCCCCC(C)NC(C)c1ccccc1[N+](=O)[O-]. The molecule has 0 aliphatic heterocycles. The highest BCUT2D eigenvalue weighted by atomic mass is 16.6. The van der Waals surface area contributed by atoms with Crippen LogP contribution in [0, 0.1) is 10.1 Å². The van der Waals surface area contributed by atoms with Crippen LogP contribution in [0.5, 0.6) is 0 Å². The first kappa shape index (κ1) is 16.6. The summed E-state index contributed by atoms with van der Waals surface area (Å²) in [4.78, 5) is 10.7. The first-order valence-electron chi connectivity index (χ1n) is 7.55. The smallest absolute Gasteiger partial charge is 0.274 e. The van der Waals surface area contributed by atoms with E-state index in [1.54, 1.807) is 12.1 Å². The zero-order chi connectivity index (χ0) is 15.0. The Balaban J connectivity index is 2.53. The lowest BCUT2D eigenvalue weighted by Gasteiger charge is -2.20. The van der Waals surface area contributed by atoms with Crippen molar-refractivity contribution >= 4 is 5.69 Å². The number of hydrogen-bond acceptors (Lipinski definition) is 3. The Morgan fingerprint density at radius 3 is 2.55 bits per heavy atom. The predicted octanol–water partition coefficient (Wildman–Crippen LogP) is 4.60. The molecule has 0 radical (unpaired) electrons. The van der Waals surface area contributed by atoms with Crippen molar-refractivity contribution < 1.29 is 4.92 Å². The summed E-state index contributed by atoms with van der Waals surface area (Å²) in [5.41, 5.74) is 0.962. The molecule has 1 rings (SSSR count). The van der Waals surface area contributed by atoms with Gasteiger partial charge in [0.2, 0.25) is 0 Å². The highest BCUT2D eigenvalue weighted by Gasteiger charge is 2.18. The van der Waals surface area contributed by atoms with Gasteiger partial charge in [-0.05, 0) is 20.3 Å². The molecule has 20 heavy (non-hydrogen) atoms. The monoisotopic (exact) mass is 278 g/mol. The molecular formula is C16H26N2O2. The molecule has 0 heterocycles. The van der Waals surface area contributed by atoms with Crippen LogP contribution in [0.3, 0.4) is 0 Å². The minimum Gasteiger partial charge on any atom is -0.307 e. The van der Waals surface area contributed by atoms with Crippen LogP contribution in [-0.2, 0) is 0 Å². The van der Waals surface area contributed by atoms with Crippen LogP contribution in [0.2, 0.25) is 0 Å². The number of rotatable bonds is 9. The highest BCUT2D eigenvalue weighted by molar-refractivity contribution is 5.41. The van der Waals surface area contributed by atoms with Gasteiger partial charge >= 0.3 is 0 Å². The van der Waals surface area contributed by atoms with E-state index < -0.39 is 0 Å². The fraction of sp³-hybridized carbons (Fsp3) is 0.625. The maximum absolute atomic E-state index is 11.0. The number of para-hydroxylation sites is 1. The summed E-state index contributed by atoms with van der Waals surface area (Å²) >= 11 is 0. The fourth-order valence-corrected chi connectivity index (χ4v) is 2.50.